The lowest BCUT2D eigenvalue weighted by atomic mass is 9.94. The van der Waals surface area contributed by atoms with Crippen LogP contribution >= 0.6 is 0 Å². The molecule has 2 heterocycles. The number of hydrogen-bond acceptors (Lipinski definition) is 0. The fourth-order valence-electron chi connectivity index (χ4n) is 11.8. The van der Waals surface area contributed by atoms with Gasteiger partial charge in [-0.3, -0.25) is 0 Å². The highest BCUT2D eigenvalue weighted by Crippen LogP contribution is 2.34. The molecule has 0 N–H and O–H groups in total. The van der Waals surface area contributed by atoms with Crippen LogP contribution in [0.5, 0.6) is 0 Å². The first kappa shape index (κ1) is 54.2. The van der Waals surface area contributed by atoms with Gasteiger partial charge < -0.3 is 9.13 Å². The second-order valence-electron chi connectivity index (χ2n) is 21.6. The summed E-state index contributed by atoms with van der Waals surface area (Å²) in [6.45, 7) is 7.19. The molecule has 12 aromatic carbocycles. The van der Waals surface area contributed by atoms with Crippen molar-refractivity contribution >= 4 is 97.4 Å². The highest BCUT2D eigenvalue weighted by molar-refractivity contribution is 6.10. The summed E-state index contributed by atoms with van der Waals surface area (Å²) in [4.78, 5) is 0. The van der Waals surface area contributed by atoms with E-state index in [9.17, 15) is 0 Å². The van der Waals surface area contributed by atoms with E-state index in [4.69, 9.17) is 0 Å². The molecule has 14 aromatic rings. The van der Waals surface area contributed by atoms with Crippen molar-refractivity contribution in [2.45, 2.75) is 13.5 Å². The number of rotatable bonds is 14. The first-order valence-corrected chi connectivity index (χ1v) is 29.6. The predicted octanol–water partition coefficient (Wildman–Crippen LogP) is 22.6. The van der Waals surface area contributed by atoms with Gasteiger partial charge in [0.05, 0.1) is 11.0 Å². The molecular weight excluding hydrogens is 1040 g/mol. The van der Waals surface area contributed by atoms with Crippen molar-refractivity contribution in [3.8, 4) is 22.3 Å². The Balaban J connectivity index is 0.000000161. The summed E-state index contributed by atoms with van der Waals surface area (Å²) < 4.78 is 4.55. The Morgan fingerprint density at radius 3 is 0.977 bits per heavy atom. The van der Waals surface area contributed by atoms with Crippen LogP contribution in [0.2, 0.25) is 0 Å². The molecule has 2 nitrogen and oxygen atoms in total. The lowest BCUT2D eigenvalue weighted by molar-refractivity contribution is 0.827. The van der Waals surface area contributed by atoms with E-state index in [0.717, 1.165) is 6.54 Å². The fraction of sp³-hybridized carbons (Fsp3) is 0.0238. The summed E-state index contributed by atoms with van der Waals surface area (Å²) in [5.41, 5.74) is 24.2. The van der Waals surface area contributed by atoms with Gasteiger partial charge in [-0.2, -0.15) is 0 Å². The topological polar surface area (TPSA) is 9.86 Å². The molecule has 0 spiro atoms. The molecule has 0 aliphatic heterocycles. The van der Waals surface area contributed by atoms with Crippen molar-refractivity contribution in [2.75, 3.05) is 0 Å². The maximum Gasteiger partial charge on any atom is 0.0535 e. The van der Waals surface area contributed by atoms with Crippen LogP contribution in [-0.4, -0.2) is 9.13 Å². The Labute approximate surface area is 504 Å². The zero-order chi connectivity index (χ0) is 58.0. The lowest BCUT2D eigenvalue weighted by Crippen LogP contribution is -1.92. The lowest BCUT2D eigenvalue weighted by Gasteiger charge is -2.10. The predicted molar refractivity (Wildman–Crippen MR) is 372 cm³/mol. The number of nitrogens with zero attached hydrogens (tertiary/aromatic N) is 2. The van der Waals surface area contributed by atoms with E-state index < -0.39 is 0 Å². The second-order valence-corrected chi connectivity index (χ2v) is 21.6. The van der Waals surface area contributed by atoms with Gasteiger partial charge >= 0.3 is 0 Å². The van der Waals surface area contributed by atoms with E-state index in [1.165, 1.54) is 133 Å². The maximum absolute atomic E-state index is 4.02. The SMILES string of the molecule is C(=C(c1ccccc1)c1ccccc1)c1ccc(-c2ccc(C=C(c3ccccc3)c3ccccc3)cc2)cc1.C=Cn1c2ccccc2c2cc(C=Cc3ccc(-c4ccc(C=Cc5ccc6c(c5)c5ccccc5n6CC)cc4)cc3)ccc21. The fourth-order valence-corrected chi connectivity index (χ4v) is 11.8. The van der Waals surface area contributed by atoms with Gasteiger partial charge in [0.15, 0.2) is 0 Å². The Morgan fingerprint density at radius 2 is 0.581 bits per heavy atom. The highest BCUT2D eigenvalue weighted by atomic mass is 15.0. The number of benzene rings is 12. The molecule has 86 heavy (non-hydrogen) atoms. The number of fused-ring (bicyclic) bond motifs is 6. The van der Waals surface area contributed by atoms with Gasteiger partial charge in [-0.15, -0.1) is 0 Å². The van der Waals surface area contributed by atoms with E-state index in [1.54, 1.807) is 0 Å². The molecule has 0 saturated carbocycles. The van der Waals surface area contributed by atoms with Crippen molar-refractivity contribution in [1.29, 1.82) is 0 Å². The molecule has 0 saturated heterocycles. The summed E-state index contributed by atoms with van der Waals surface area (Å²) in [6.07, 6.45) is 15.2. The molecular formula is C84H64N2. The smallest absolute Gasteiger partial charge is 0.0535 e. The molecule has 0 unspecified atom stereocenters. The molecule has 0 aliphatic rings. The minimum absolute atomic E-state index is 0.964. The normalized spacial score (nSPS) is 11.3. The number of aromatic nitrogens is 2. The third-order valence-corrected chi connectivity index (χ3v) is 16.2. The van der Waals surface area contributed by atoms with E-state index in [0.29, 0.717) is 0 Å². The van der Waals surface area contributed by atoms with E-state index in [1.807, 2.05) is 6.20 Å². The summed E-state index contributed by atoms with van der Waals surface area (Å²) in [5.74, 6) is 0. The van der Waals surface area contributed by atoms with E-state index in [-0.39, 0.29) is 0 Å². The average molecular weight is 1100 g/mol. The van der Waals surface area contributed by atoms with Gasteiger partial charge in [-0.1, -0.05) is 298 Å². The van der Waals surface area contributed by atoms with Gasteiger partial charge in [0.1, 0.15) is 0 Å². The van der Waals surface area contributed by atoms with Crippen LogP contribution in [0.1, 0.15) is 62.6 Å². The Hall–Kier alpha value is -11.1. The third-order valence-electron chi connectivity index (χ3n) is 16.2. The Bertz CT molecular complexity index is 4550. The molecule has 0 bridgehead atoms. The molecule has 0 amide bonds. The molecule has 0 radical (unpaired) electrons. The largest absolute Gasteiger partial charge is 0.341 e. The summed E-state index contributed by atoms with van der Waals surface area (Å²) in [5, 5.41) is 5.12. The first-order chi connectivity index (χ1) is 42.5. The third kappa shape index (κ3) is 11.8. The van der Waals surface area contributed by atoms with Crippen molar-refractivity contribution in [3.63, 3.8) is 0 Å². The van der Waals surface area contributed by atoms with Gasteiger partial charge in [-0.05, 0) is 145 Å². The molecule has 0 aliphatic carbocycles. The summed E-state index contributed by atoms with van der Waals surface area (Å²) in [6, 6.07) is 108. The van der Waals surface area contributed by atoms with Crippen LogP contribution in [0, 0.1) is 0 Å². The van der Waals surface area contributed by atoms with Crippen LogP contribution in [0.15, 0.2) is 310 Å². The second kappa shape index (κ2) is 25.2. The van der Waals surface area contributed by atoms with Crippen LogP contribution in [-0.2, 0) is 6.54 Å². The Kier molecular flexibility index (Phi) is 15.9. The minimum atomic E-state index is 0.964. The van der Waals surface area contributed by atoms with Gasteiger partial charge in [-0.25, -0.2) is 0 Å². The summed E-state index contributed by atoms with van der Waals surface area (Å²) >= 11 is 0. The van der Waals surface area contributed by atoms with Crippen LogP contribution < -0.4 is 0 Å². The maximum atomic E-state index is 4.02. The zero-order valence-electron chi connectivity index (χ0n) is 48.2. The number of para-hydroxylation sites is 2. The van der Waals surface area contributed by atoms with Crippen molar-refractivity contribution in [1.82, 2.24) is 9.13 Å². The highest BCUT2D eigenvalue weighted by Gasteiger charge is 2.12. The van der Waals surface area contributed by atoms with Gasteiger partial charge in [0.2, 0.25) is 0 Å². The monoisotopic (exact) mass is 1100 g/mol. The van der Waals surface area contributed by atoms with Crippen LogP contribution in [0.3, 0.4) is 0 Å². The Morgan fingerprint density at radius 1 is 0.291 bits per heavy atom. The van der Waals surface area contributed by atoms with Crippen LogP contribution in [0.25, 0.3) is 120 Å². The van der Waals surface area contributed by atoms with Crippen LogP contribution in [0.4, 0.5) is 0 Å². The molecule has 14 rings (SSSR count). The molecule has 2 aromatic heterocycles. The number of aryl methyl sites for hydroxylation is 1. The molecule has 410 valence electrons. The van der Waals surface area contributed by atoms with Gasteiger partial charge in [0, 0.05) is 45.3 Å². The van der Waals surface area contributed by atoms with E-state index >= 15 is 0 Å². The van der Waals surface area contributed by atoms with Crippen molar-refractivity contribution < 1.29 is 0 Å². The molecule has 0 atom stereocenters. The van der Waals surface area contributed by atoms with E-state index in [2.05, 4.69) is 362 Å². The molecule has 0 fully saturated rings. The van der Waals surface area contributed by atoms with Crippen molar-refractivity contribution in [3.05, 3.63) is 366 Å². The number of hydrogen-bond donors (Lipinski definition) is 0. The standard InChI is InChI=1S/C44H34N2.C40H30/c1-3-45-41-11-7-5-9-37(41)39-29-33(21-27-43(39)45)15-13-31-17-23-35(24-18-31)36-25-19-32(20-26-36)14-16-34-22-28-44-40(30-34)38-10-6-8-12-42(38)46(44)4-2;1-5-13-35(14-6-1)39(36-15-7-2-8-16-36)29-31-21-25-33(26-22-31)34-27-23-32(24-28-34)30-40(37-17-9-3-10-18-37)38-19-11-4-12-20-38/h3,5-30H,1,4H2,2H3;1-30H. The quantitative estimate of drug-likeness (QED) is 0.0961. The van der Waals surface area contributed by atoms with Gasteiger partial charge in [0.25, 0.3) is 0 Å². The first-order valence-electron chi connectivity index (χ1n) is 29.6. The minimum Gasteiger partial charge on any atom is -0.341 e. The van der Waals surface area contributed by atoms with Crippen molar-refractivity contribution in [2.24, 2.45) is 0 Å². The molecule has 2 heteroatoms. The zero-order valence-corrected chi connectivity index (χ0v) is 48.2. The summed E-state index contributed by atoms with van der Waals surface area (Å²) in [7, 11) is 0. The average Bonchev–Trinajstić information content (AvgIpc) is 3.51.